The lowest BCUT2D eigenvalue weighted by atomic mass is 9.88. The number of nitrogens with zero attached hydrogens (tertiary/aromatic N) is 2. The van der Waals surface area contributed by atoms with E-state index in [9.17, 15) is 0 Å². The van der Waals surface area contributed by atoms with E-state index in [0.29, 0.717) is 11.3 Å². The maximum absolute atomic E-state index is 4.36. The highest BCUT2D eigenvalue weighted by Crippen LogP contribution is 2.34. The number of piperidine rings is 1. The number of rotatable bonds is 3. The van der Waals surface area contributed by atoms with Gasteiger partial charge in [-0.1, -0.05) is 50.6 Å². The van der Waals surface area contributed by atoms with Crippen molar-refractivity contribution in [3.8, 4) is 11.1 Å². The average molecular weight is 311 g/mol. The van der Waals surface area contributed by atoms with Crippen molar-refractivity contribution in [1.29, 1.82) is 0 Å². The summed E-state index contributed by atoms with van der Waals surface area (Å²) in [7, 11) is 0. The summed E-state index contributed by atoms with van der Waals surface area (Å²) in [4.78, 5) is 2.62. The molecule has 1 aromatic heterocycles. The number of nitrogens with one attached hydrogen (secondary N) is 1. The third kappa shape index (κ3) is 4.03. The molecule has 1 N–H and O–H groups in total. The number of benzene rings is 1. The summed E-state index contributed by atoms with van der Waals surface area (Å²) in [5.41, 5.74) is 5.52. The Kier molecular flexibility index (Phi) is 4.58. The van der Waals surface area contributed by atoms with E-state index in [1.54, 1.807) is 0 Å². The number of aryl methyl sites for hydroxylation is 1. The number of aromatic nitrogens is 2. The maximum Gasteiger partial charge on any atom is 0.0568 e. The van der Waals surface area contributed by atoms with Gasteiger partial charge in [-0.05, 0) is 37.3 Å². The zero-order valence-corrected chi connectivity index (χ0v) is 14.9. The van der Waals surface area contributed by atoms with Crippen LogP contribution >= 0.6 is 0 Å². The highest BCUT2D eigenvalue weighted by Gasteiger charge is 2.27. The lowest BCUT2D eigenvalue weighted by Gasteiger charge is -2.36. The molecule has 0 unspecified atom stereocenters. The molecule has 0 radical (unpaired) electrons. The molecular formula is C20H29N3. The molecule has 3 rings (SSSR count). The zero-order chi connectivity index (χ0) is 16.4. The third-order valence-corrected chi connectivity index (χ3v) is 4.61. The summed E-state index contributed by atoms with van der Waals surface area (Å²) < 4.78 is 0. The summed E-state index contributed by atoms with van der Waals surface area (Å²) in [6.45, 7) is 12.6. The SMILES string of the molecule is Cc1cccc(-c2cn[nH]c2[C@H]2CCCN(CC(C)(C)C)C2)c1. The van der Waals surface area contributed by atoms with E-state index >= 15 is 0 Å². The highest BCUT2D eigenvalue weighted by atomic mass is 15.2. The van der Waals surface area contributed by atoms with Gasteiger partial charge in [-0.2, -0.15) is 5.10 Å². The largest absolute Gasteiger partial charge is 0.302 e. The van der Waals surface area contributed by atoms with Gasteiger partial charge in [0, 0.05) is 30.3 Å². The van der Waals surface area contributed by atoms with Gasteiger partial charge < -0.3 is 4.90 Å². The van der Waals surface area contributed by atoms with E-state index in [1.807, 2.05) is 6.20 Å². The minimum atomic E-state index is 0.356. The Morgan fingerprint density at radius 2 is 2.13 bits per heavy atom. The Morgan fingerprint density at radius 3 is 2.87 bits per heavy atom. The molecule has 3 heteroatoms. The minimum Gasteiger partial charge on any atom is -0.302 e. The van der Waals surface area contributed by atoms with E-state index in [4.69, 9.17) is 0 Å². The number of hydrogen-bond donors (Lipinski definition) is 1. The predicted molar refractivity (Wildman–Crippen MR) is 96.6 cm³/mol. The topological polar surface area (TPSA) is 31.9 Å². The van der Waals surface area contributed by atoms with Gasteiger partial charge in [0.25, 0.3) is 0 Å². The van der Waals surface area contributed by atoms with Crippen molar-refractivity contribution in [2.75, 3.05) is 19.6 Å². The van der Waals surface area contributed by atoms with Gasteiger partial charge in [0.1, 0.15) is 0 Å². The monoisotopic (exact) mass is 311 g/mol. The molecule has 0 amide bonds. The van der Waals surface area contributed by atoms with Crippen molar-refractivity contribution < 1.29 is 0 Å². The molecule has 1 fully saturated rings. The van der Waals surface area contributed by atoms with Gasteiger partial charge in [-0.15, -0.1) is 0 Å². The Hall–Kier alpha value is -1.61. The van der Waals surface area contributed by atoms with Crippen molar-refractivity contribution in [2.24, 2.45) is 5.41 Å². The normalized spacial score (nSPS) is 19.9. The molecule has 0 bridgehead atoms. The molecule has 1 saturated heterocycles. The predicted octanol–water partition coefficient (Wildman–Crippen LogP) is 4.61. The Bertz CT molecular complexity index is 651. The van der Waals surface area contributed by atoms with Gasteiger partial charge in [0.2, 0.25) is 0 Å². The van der Waals surface area contributed by atoms with Gasteiger partial charge >= 0.3 is 0 Å². The number of hydrogen-bond acceptors (Lipinski definition) is 2. The lowest BCUT2D eigenvalue weighted by Crippen LogP contribution is -2.39. The second-order valence-electron chi connectivity index (χ2n) is 8.20. The van der Waals surface area contributed by atoms with Crippen LogP contribution in [0.25, 0.3) is 11.1 Å². The number of H-pyrrole nitrogens is 1. The second-order valence-corrected chi connectivity index (χ2v) is 8.20. The van der Waals surface area contributed by atoms with Crippen molar-refractivity contribution in [3.05, 3.63) is 41.7 Å². The summed E-state index contributed by atoms with van der Waals surface area (Å²) in [6, 6.07) is 8.73. The standard InChI is InChI=1S/C20H29N3/c1-15-7-5-8-16(11-15)18-12-21-22-19(18)17-9-6-10-23(13-17)14-20(2,3)4/h5,7-8,11-12,17H,6,9-10,13-14H2,1-4H3,(H,21,22)/t17-/m0/s1. The fraction of sp³-hybridized carbons (Fsp3) is 0.550. The zero-order valence-electron chi connectivity index (χ0n) is 14.9. The van der Waals surface area contributed by atoms with Crippen LogP contribution in [-0.2, 0) is 0 Å². The fourth-order valence-electron chi connectivity index (χ4n) is 3.76. The van der Waals surface area contributed by atoms with Crippen molar-refractivity contribution >= 4 is 0 Å². The van der Waals surface area contributed by atoms with Crippen LogP contribution in [0.2, 0.25) is 0 Å². The first-order chi connectivity index (χ1) is 10.9. The molecule has 1 atom stereocenters. The van der Waals surface area contributed by atoms with E-state index in [2.05, 4.69) is 67.1 Å². The average Bonchev–Trinajstić information content (AvgIpc) is 2.95. The first-order valence-electron chi connectivity index (χ1n) is 8.75. The quantitative estimate of drug-likeness (QED) is 0.897. The molecule has 2 aromatic rings. The van der Waals surface area contributed by atoms with Crippen LogP contribution in [0.5, 0.6) is 0 Å². The fourth-order valence-corrected chi connectivity index (χ4v) is 3.76. The van der Waals surface area contributed by atoms with Gasteiger partial charge in [-0.3, -0.25) is 5.10 Å². The van der Waals surface area contributed by atoms with Gasteiger partial charge in [0.15, 0.2) is 0 Å². The van der Waals surface area contributed by atoms with Crippen molar-refractivity contribution in [3.63, 3.8) is 0 Å². The molecule has 1 aliphatic rings. The summed E-state index contributed by atoms with van der Waals surface area (Å²) in [6.07, 6.45) is 4.52. The molecule has 3 nitrogen and oxygen atoms in total. The van der Waals surface area contributed by atoms with Gasteiger partial charge in [0.05, 0.1) is 6.20 Å². The molecule has 23 heavy (non-hydrogen) atoms. The molecule has 0 saturated carbocycles. The summed E-state index contributed by atoms with van der Waals surface area (Å²) >= 11 is 0. The molecule has 1 aliphatic heterocycles. The van der Waals surface area contributed by atoms with Crippen LogP contribution in [-0.4, -0.2) is 34.7 Å². The molecule has 1 aromatic carbocycles. The van der Waals surface area contributed by atoms with Gasteiger partial charge in [-0.25, -0.2) is 0 Å². The van der Waals surface area contributed by atoms with Crippen LogP contribution in [0.15, 0.2) is 30.5 Å². The minimum absolute atomic E-state index is 0.356. The summed E-state index contributed by atoms with van der Waals surface area (Å²) in [5.74, 6) is 0.559. The van der Waals surface area contributed by atoms with E-state index in [0.717, 1.165) is 13.1 Å². The molecule has 124 valence electrons. The van der Waals surface area contributed by atoms with Crippen LogP contribution in [0.3, 0.4) is 0 Å². The molecular weight excluding hydrogens is 282 g/mol. The Labute approximate surface area is 140 Å². The number of aromatic amines is 1. The van der Waals surface area contributed by atoms with E-state index in [-0.39, 0.29) is 0 Å². The smallest absolute Gasteiger partial charge is 0.0568 e. The Morgan fingerprint density at radius 1 is 1.30 bits per heavy atom. The van der Waals surface area contributed by atoms with Crippen LogP contribution < -0.4 is 0 Å². The van der Waals surface area contributed by atoms with Crippen LogP contribution in [0.1, 0.15) is 50.8 Å². The number of likely N-dealkylation sites (tertiary alicyclic amines) is 1. The van der Waals surface area contributed by atoms with E-state index in [1.165, 1.54) is 41.8 Å². The second kappa shape index (κ2) is 6.48. The molecule has 0 spiro atoms. The Balaban J connectivity index is 1.81. The van der Waals surface area contributed by atoms with E-state index < -0.39 is 0 Å². The molecule has 2 heterocycles. The first kappa shape index (κ1) is 16.3. The third-order valence-electron chi connectivity index (χ3n) is 4.61. The summed E-state index contributed by atoms with van der Waals surface area (Å²) in [5, 5.41) is 7.66. The lowest BCUT2D eigenvalue weighted by molar-refractivity contribution is 0.150. The van der Waals surface area contributed by atoms with Crippen molar-refractivity contribution in [2.45, 2.75) is 46.5 Å². The highest BCUT2D eigenvalue weighted by molar-refractivity contribution is 5.66. The van der Waals surface area contributed by atoms with Crippen LogP contribution in [0, 0.1) is 12.3 Å². The maximum atomic E-state index is 4.36. The van der Waals surface area contributed by atoms with Crippen LogP contribution in [0.4, 0.5) is 0 Å². The van der Waals surface area contributed by atoms with Crippen molar-refractivity contribution in [1.82, 2.24) is 15.1 Å². The molecule has 0 aliphatic carbocycles. The first-order valence-corrected chi connectivity index (χ1v) is 8.75.